The molecule has 1 aliphatic heterocycles. The minimum Gasteiger partial charge on any atom is -0.393 e. The summed E-state index contributed by atoms with van der Waals surface area (Å²) in [4.78, 5) is 22.3. The second-order valence-corrected chi connectivity index (χ2v) is 11.8. The van der Waals surface area contributed by atoms with Crippen molar-refractivity contribution in [2.75, 3.05) is 48.8 Å². The smallest absolute Gasteiger partial charge is 0.260 e. The zero-order chi connectivity index (χ0) is 26.4. The van der Waals surface area contributed by atoms with Gasteiger partial charge < -0.3 is 25.8 Å². The maximum Gasteiger partial charge on any atom is 0.260 e. The number of rotatable bonds is 9. The van der Waals surface area contributed by atoms with E-state index in [9.17, 15) is 18.3 Å². The average Bonchev–Trinajstić information content (AvgIpc) is 2.89. The van der Waals surface area contributed by atoms with Crippen LogP contribution in [0.1, 0.15) is 49.9 Å². The largest absolute Gasteiger partial charge is 0.393 e. The van der Waals surface area contributed by atoms with Gasteiger partial charge in [0, 0.05) is 37.6 Å². The van der Waals surface area contributed by atoms with Crippen molar-refractivity contribution in [1.29, 1.82) is 0 Å². The van der Waals surface area contributed by atoms with Crippen LogP contribution in [0, 0.1) is 5.92 Å². The summed E-state index contributed by atoms with van der Waals surface area (Å²) in [6.45, 7) is 6.24. The van der Waals surface area contributed by atoms with Crippen molar-refractivity contribution < 1.29 is 23.1 Å². The van der Waals surface area contributed by atoms with Crippen LogP contribution in [0.25, 0.3) is 0 Å². The second kappa shape index (κ2) is 12.2. The summed E-state index contributed by atoms with van der Waals surface area (Å²) in [6.07, 6.45) is 4.15. The Labute approximate surface area is 218 Å². The van der Waals surface area contributed by atoms with E-state index in [-0.39, 0.29) is 22.6 Å². The lowest BCUT2D eigenvalue weighted by molar-refractivity contribution is 0.0730. The van der Waals surface area contributed by atoms with E-state index >= 15 is 0 Å². The molecule has 2 aromatic rings. The Morgan fingerprint density at radius 1 is 1.14 bits per heavy atom. The van der Waals surface area contributed by atoms with E-state index in [0.29, 0.717) is 69.1 Å². The number of nitrogens with zero attached hydrogens (tertiary/aromatic N) is 3. The Bertz CT molecular complexity index is 1160. The van der Waals surface area contributed by atoms with Gasteiger partial charge in [0.25, 0.3) is 5.91 Å². The van der Waals surface area contributed by atoms with E-state index in [0.717, 1.165) is 12.8 Å². The standard InChI is InChI=1S/C25H36N6O5S/c1-17(2)15-26-25-27-16-22(23(30-25)28-18-3-7-20(32)8-4-18)24(33)29-19-5-9-21(10-6-19)37(34,35)31-11-13-36-14-12-31/h5-6,9-10,16-18,20,32H,3-4,7-8,11-15H2,1-2H3,(H,29,33)(H2,26,27,28,30)/t18-,20-. The van der Waals surface area contributed by atoms with Crippen molar-refractivity contribution in [2.24, 2.45) is 5.92 Å². The minimum absolute atomic E-state index is 0.0903. The monoisotopic (exact) mass is 532 g/mol. The molecular formula is C25H36N6O5S. The van der Waals surface area contributed by atoms with Crippen LogP contribution < -0.4 is 16.0 Å². The molecule has 2 aliphatic rings. The van der Waals surface area contributed by atoms with Crippen molar-refractivity contribution in [3.63, 3.8) is 0 Å². The molecular weight excluding hydrogens is 496 g/mol. The molecule has 1 aromatic heterocycles. The number of anilines is 3. The SMILES string of the molecule is CC(C)CNc1ncc(C(=O)Nc2ccc(S(=O)(=O)N3CCOCC3)cc2)c(N[C@H]2CC[C@H](O)CC2)n1. The van der Waals surface area contributed by atoms with Gasteiger partial charge in [-0.25, -0.2) is 13.4 Å². The summed E-state index contributed by atoms with van der Waals surface area (Å²) in [7, 11) is -3.62. The van der Waals surface area contributed by atoms with E-state index in [1.54, 1.807) is 12.1 Å². The molecule has 0 spiro atoms. The highest BCUT2D eigenvalue weighted by Crippen LogP contribution is 2.25. The van der Waals surface area contributed by atoms with E-state index in [1.165, 1.54) is 22.6 Å². The molecule has 37 heavy (non-hydrogen) atoms. The fourth-order valence-electron chi connectivity index (χ4n) is 4.30. The number of aliphatic hydroxyl groups is 1. The van der Waals surface area contributed by atoms with Crippen LogP contribution in [0.3, 0.4) is 0 Å². The minimum atomic E-state index is -3.62. The van der Waals surface area contributed by atoms with Gasteiger partial charge in [0.15, 0.2) is 0 Å². The van der Waals surface area contributed by atoms with Gasteiger partial charge in [0.05, 0.1) is 24.2 Å². The number of benzene rings is 1. The lowest BCUT2D eigenvalue weighted by atomic mass is 9.93. The third-order valence-electron chi connectivity index (χ3n) is 6.46. The lowest BCUT2D eigenvalue weighted by Crippen LogP contribution is -2.40. The van der Waals surface area contributed by atoms with Crippen LogP contribution in [0.2, 0.25) is 0 Å². The van der Waals surface area contributed by atoms with Gasteiger partial charge in [-0.2, -0.15) is 9.29 Å². The van der Waals surface area contributed by atoms with Crippen LogP contribution in [-0.4, -0.2) is 78.7 Å². The molecule has 1 aromatic carbocycles. The number of amides is 1. The molecule has 1 aliphatic carbocycles. The third-order valence-corrected chi connectivity index (χ3v) is 8.37. The number of morpholine rings is 1. The molecule has 2 fully saturated rings. The van der Waals surface area contributed by atoms with Crippen molar-refractivity contribution in [3.8, 4) is 0 Å². The Hall–Kier alpha value is -2.80. The fourth-order valence-corrected chi connectivity index (χ4v) is 5.70. The number of carbonyl (C=O) groups excluding carboxylic acids is 1. The van der Waals surface area contributed by atoms with Gasteiger partial charge in [0.2, 0.25) is 16.0 Å². The number of nitrogens with one attached hydrogen (secondary N) is 3. The van der Waals surface area contributed by atoms with E-state index in [1.807, 2.05) is 0 Å². The number of aromatic nitrogens is 2. The first kappa shape index (κ1) is 27.2. The molecule has 11 nitrogen and oxygen atoms in total. The Morgan fingerprint density at radius 2 is 1.81 bits per heavy atom. The van der Waals surface area contributed by atoms with E-state index < -0.39 is 15.9 Å². The quantitative estimate of drug-likeness (QED) is 0.383. The van der Waals surface area contributed by atoms with Gasteiger partial charge in [-0.15, -0.1) is 0 Å². The van der Waals surface area contributed by atoms with Crippen molar-refractivity contribution >= 4 is 33.4 Å². The molecule has 4 N–H and O–H groups in total. The predicted molar refractivity (Wildman–Crippen MR) is 141 cm³/mol. The number of hydrogen-bond acceptors (Lipinski definition) is 9. The first-order chi connectivity index (χ1) is 17.7. The van der Waals surface area contributed by atoms with Crippen LogP contribution in [0.4, 0.5) is 17.5 Å². The summed E-state index contributed by atoms with van der Waals surface area (Å²) in [6, 6.07) is 6.21. The van der Waals surface area contributed by atoms with Gasteiger partial charge in [0.1, 0.15) is 11.4 Å². The highest BCUT2D eigenvalue weighted by molar-refractivity contribution is 7.89. The molecule has 202 valence electrons. The zero-order valence-corrected chi connectivity index (χ0v) is 22.1. The summed E-state index contributed by atoms with van der Waals surface area (Å²) in [5.41, 5.74) is 0.742. The molecule has 1 saturated carbocycles. The molecule has 0 bridgehead atoms. The van der Waals surface area contributed by atoms with E-state index in [4.69, 9.17) is 4.74 Å². The van der Waals surface area contributed by atoms with Gasteiger partial charge in [-0.05, 0) is 55.9 Å². The first-order valence-corrected chi connectivity index (χ1v) is 14.2. The van der Waals surface area contributed by atoms with Crippen LogP contribution >= 0.6 is 0 Å². The van der Waals surface area contributed by atoms with E-state index in [2.05, 4.69) is 39.8 Å². The molecule has 0 atom stereocenters. The molecule has 4 rings (SSSR count). The van der Waals surface area contributed by atoms with Crippen LogP contribution in [0.5, 0.6) is 0 Å². The molecule has 0 radical (unpaired) electrons. The molecule has 1 amide bonds. The lowest BCUT2D eigenvalue weighted by Gasteiger charge is -2.27. The Kier molecular flexibility index (Phi) is 8.95. The fraction of sp³-hybridized carbons (Fsp3) is 0.560. The highest BCUT2D eigenvalue weighted by atomic mass is 32.2. The third kappa shape index (κ3) is 7.16. The number of ether oxygens (including phenoxy) is 1. The summed E-state index contributed by atoms with van der Waals surface area (Å²) >= 11 is 0. The zero-order valence-electron chi connectivity index (χ0n) is 21.3. The summed E-state index contributed by atoms with van der Waals surface area (Å²) in [5, 5.41) is 19.2. The first-order valence-electron chi connectivity index (χ1n) is 12.8. The maximum atomic E-state index is 13.2. The van der Waals surface area contributed by atoms with Crippen molar-refractivity contribution in [3.05, 3.63) is 36.0 Å². The van der Waals surface area contributed by atoms with Gasteiger partial charge >= 0.3 is 0 Å². The van der Waals surface area contributed by atoms with Gasteiger partial charge in [-0.3, -0.25) is 4.79 Å². The average molecular weight is 533 g/mol. The highest BCUT2D eigenvalue weighted by Gasteiger charge is 2.27. The topological polar surface area (TPSA) is 146 Å². The number of aliphatic hydroxyl groups excluding tert-OH is 1. The molecule has 0 unspecified atom stereocenters. The molecule has 12 heteroatoms. The number of carbonyl (C=O) groups is 1. The molecule has 1 saturated heterocycles. The van der Waals surface area contributed by atoms with Gasteiger partial charge in [-0.1, -0.05) is 13.8 Å². The van der Waals surface area contributed by atoms with Crippen LogP contribution in [-0.2, 0) is 14.8 Å². The summed E-state index contributed by atoms with van der Waals surface area (Å²) < 4.78 is 32.4. The Balaban J connectivity index is 1.49. The van der Waals surface area contributed by atoms with Crippen LogP contribution in [0.15, 0.2) is 35.4 Å². The second-order valence-electron chi connectivity index (χ2n) is 9.88. The Morgan fingerprint density at radius 3 is 2.46 bits per heavy atom. The molecule has 2 heterocycles. The van der Waals surface area contributed by atoms with Crippen molar-refractivity contribution in [2.45, 2.75) is 56.6 Å². The summed E-state index contributed by atoms with van der Waals surface area (Å²) in [5.74, 6) is 0.850. The maximum absolute atomic E-state index is 13.2. The normalized spacial score (nSPS) is 21.0. The van der Waals surface area contributed by atoms with Crippen molar-refractivity contribution in [1.82, 2.24) is 14.3 Å². The predicted octanol–water partition coefficient (Wildman–Crippen LogP) is 2.53. The number of sulfonamides is 1. The number of hydrogen-bond donors (Lipinski definition) is 4.